The van der Waals surface area contributed by atoms with Crippen LogP contribution in [0, 0.1) is 11.8 Å². The summed E-state index contributed by atoms with van der Waals surface area (Å²) >= 11 is 0. The zero-order chi connectivity index (χ0) is 13.4. The zero-order valence-electron chi connectivity index (χ0n) is 12.0. The second-order valence-corrected chi connectivity index (χ2v) is 5.66. The van der Waals surface area contributed by atoms with Gasteiger partial charge in [0.05, 0.1) is 6.61 Å². The van der Waals surface area contributed by atoms with E-state index in [0.717, 1.165) is 32.4 Å². The minimum atomic E-state index is 0.178. The van der Waals surface area contributed by atoms with Crippen LogP contribution in [-0.4, -0.2) is 38.3 Å². The Kier molecular flexibility index (Phi) is 7.28. The van der Waals surface area contributed by atoms with Crippen LogP contribution in [0.5, 0.6) is 0 Å². The normalized spacial score (nSPS) is 24.2. The predicted molar refractivity (Wildman–Crippen MR) is 73.5 cm³/mol. The highest BCUT2D eigenvalue weighted by Crippen LogP contribution is 2.15. The average Bonchev–Trinajstić information content (AvgIpc) is 2.33. The predicted octanol–water partition coefficient (Wildman–Crippen LogP) is 1.55. The van der Waals surface area contributed by atoms with Gasteiger partial charge in [-0.25, -0.2) is 0 Å². The largest absolute Gasteiger partial charge is 0.380 e. The van der Waals surface area contributed by atoms with Crippen molar-refractivity contribution in [1.29, 1.82) is 0 Å². The topological polar surface area (TPSA) is 50.4 Å². The molecule has 2 N–H and O–H groups in total. The maximum absolute atomic E-state index is 11.9. The van der Waals surface area contributed by atoms with Crippen LogP contribution in [0.4, 0.5) is 0 Å². The molecule has 4 nitrogen and oxygen atoms in total. The summed E-state index contributed by atoms with van der Waals surface area (Å²) < 4.78 is 5.48. The van der Waals surface area contributed by atoms with Crippen LogP contribution in [0.1, 0.15) is 40.0 Å². The SMILES string of the molecule is CC(C)CCOCCNC(=O)[C@H]1CCN[C@@H](C)C1. The van der Waals surface area contributed by atoms with Gasteiger partial charge in [-0.15, -0.1) is 0 Å². The monoisotopic (exact) mass is 256 g/mol. The fourth-order valence-electron chi connectivity index (χ4n) is 2.18. The number of rotatable bonds is 7. The lowest BCUT2D eigenvalue weighted by Gasteiger charge is -2.27. The van der Waals surface area contributed by atoms with E-state index in [-0.39, 0.29) is 11.8 Å². The second kappa shape index (κ2) is 8.48. The van der Waals surface area contributed by atoms with Crippen molar-refractivity contribution in [3.63, 3.8) is 0 Å². The summed E-state index contributed by atoms with van der Waals surface area (Å²) in [4.78, 5) is 11.9. The molecule has 0 bridgehead atoms. The molecule has 1 aliphatic heterocycles. The van der Waals surface area contributed by atoms with Crippen molar-refractivity contribution in [3.8, 4) is 0 Å². The first kappa shape index (κ1) is 15.4. The summed E-state index contributed by atoms with van der Waals surface area (Å²) in [6.45, 7) is 9.50. The molecule has 1 saturated heterocycles. The molecule has 0 radical (unpaired) electrons. The highest BCUT2D eigenvalue weighted by Gasteiger charge is 2.24. The Balaban J connectivity index is 2.02. The number of carbonyl (C=O) groups excluding carboxylic acids is 1. The van der Waals surface area contributed by atoms with E-state index in [1.54, 1.807) is 0 Å². The molecule has 1 amide bonds. The van der Waals surface area contributed by atoms with Crippen molar-refractivity contribution in [2.45, 2.75) is 46.1 Å². The van der Waals surface area contributed by atoms with Gasteiger partial charge in [0, 0.05) is 25.1 Å². The number of hydrogen-bond acceptors (Lipinski definition) is 3. The molecule has 4 heteroatoms. The van der Waals surface area contributed by atoms with Gasteiger partial charge >= 0.3 is 0 Å². The van der Waals surface area contributed by atoms with Gasteiger partial charge < -0.3 is 15.4 Å². The summed E-state index contributed by atoms with van der Waals surface area (Å²) in [6, 6.07) is 0.455. The van der Waals surface area contributed by atoms with E-state index in [9.17, 15) is 4.79 Å². The second-order valence-electron chi connectivity index (χ2n) is 5.66. The number of piperidine rings is 1. The third-order valence-corrected chi connectivity index (χ3v) is 3.38. The van der Waals surface area contributed by atoms with Gasteiger partial charge in [-0.05, 0) is 38.6 Å². The van der Waals surface area contributed by atoms with E-state index in [4.69, 9.17) is 4.74 Å². The molecule has 18 heavy (non-hydrogen) atoms. The number of ether oxygens (including phenoxy) is 1. The van der Waals surface area contributed by atoms with E-state index in [0.29, 0.717) is 25.1 Å². The Morgan fingerprint density at radius 1 is 1.44 bits per heavy atom. The van der Waals surface area contributed by atoms with E-state index in [1.165, 1.54) is 0 Å². The molecule has 0 aromatic carbocycles. The van der Waals surface area contributed by atoms with Crippen molar-refractivity contribution in [2.75, 3.05) is 26.3 Å². The number of amides is 1. The van der Waals surface area contributed by atoms with E-state index in [2.05, 4.69) is 31.4 Å². The number of carbonyl (C=O) groups is 1. The maximum Gasteiger partial charge on any atom is 0.223 e. The Bertz CT molecular complexity index is 244. The molecule has 0 unspecified atom stereocenters. The average molecular weight is 256 g/mol. The van der Waals surface area contributed by atoms with Crippen LogP contribution >= 0.6 is 0 Å². The number of hydrogen-bond donors (Lipinski definition) is 2. The lowest BCUT2D eigenvalue weighted by molar-refractivity contribution is -0.126. The molecule has 0 saturated carbocycles. The molecule has 0 aromatic rings. The highest BCUT2D eigenvalue weighted by atomic mass is 16.5. The highest BCUT2D eigenvalue weighted by molar-refractivity contribution is 5.78. The van der Waals surface area contributed by atoms with Gasteiger partial charge in [0.1, 0.15) is 0 Å². The third kappa shape index (κ3) is 6.36. The Hall–Kier alpha value is -0.610. The van der Waals surface area contributed by atoms with Crippen molar-refractivity contribution in [1.82, 2.24) is 10.6 Å². The first-order valence-corrected chi connectivity index (χ1v) is 7.18. The smallest absolute Gasteiger partial charge is 0.223 e. The molecule has 1 fully saturated rings. The fraction of sp³-hybridized carbons (Fsp3) is 0.929. The lowest BCUT2D eigenvalue weighted by atomic mass is 9.92. The Morgan fingerprint density at radius 2 is 2.22 bits per heavy atom. The minimum absolute atomic E-state index is 0.178. The van der Waals surface area contributed by atoms with E-state index < -0.39 is 0 Å². The molecular formula is C14H28N2O2. The molecule has 106 valence electrons. The first-order valence-electron chi connectivity index (χ1n) is 7.18. The van der Waals surface area contributed by atoms with Crippen molar-refractivity contribution < 1.29 is 9.53 Å². The lowest BCUT2D eigenvalue weighted by Crippen LogP contribution is -2.43. The molecule has 0 aromatic heterocycles. The summed E-state index contributed by atoms with van der Waals surface area (Å²) in [5, 5.41) is 6.33. The standard InChI is InChI=1S/C14H28N2O2/c1-11(2)5-8-18-9-7-16-14(17)13-4-6-15-12(3)10-13/h11-13,15H,4-10H2,1-3H3,(H,16,17)/t12-,13-/m0/s1. The van der Waals surface area contributed by atoms with Crippen LogP contribution in [0.3, 0.4) is 0 Å². The number of nitrogens with one attached hydrogen (secondary N) is 2. The van der Waals surface area contributed by atoms with Crippen molar-refractivity contribution >= 4 is 5.91 Å². The molecule has 2 atom stereocenters. The molecule has 0 aliphatic carbocycles. The molecule has 0 spiro atoms. The van der Waals surface area contributed by atoms with Gasteiger partial charge in [0.2, 0.25) is 5.91 Å². The van der Waals surface area contributed by atoms with Crippen molar-refractivity contribution in [3.05, 3.63) is 0 Å². The minimum Gasteiger partial charge on any atom is -0.380 e. The summed E-state index contributed by atoms with van der Waals surface area (Å²) in [7, 11) is 0. The molecule has 1 rings (SSSR count). The maximum atomic E-state index is 11.9. The van der Waals surface area contributed by atoms with Gasteiger partial charge in [0.25, 0.3) is 0 Å². The Labute approximate surface area is 111 Å². The fourth-order valence-corrected chi connectivity index (χ4v) is 2.18. The van der Waals surface area contributed by atoms with Gasteiger partial charge in [-0.2, -0.15) is 0 Å². The molecule has 1 aliphatic rings. The van der Waals surface area contributed by atoms with Crippen LogP contribution in [0.15, 0.2) is 0 Å². The Morgan fingerprint density at radius 3 is 2.89 bits per heavy atom. The first-order chi connectivity index (χ1) is 8.59. The van der Waals surface area contributed by atoms with Crippen molar-refractivity contribution in [2.24, 2.45) is 11.8 Å². The van der Waals surface area contributed by atoms with Crippen LogP contribution in [0.2, 0.25) is 0 Å². The molecular weight excluding hydrogens is 228 g/mol. The molecule has 1 heterocycles. The van der Waals surface area contributed by atoms with Gasteiger partial charge in [-0.3, -0.25) is 4.79 Å². The van der Waals surface area contributed by atoms with Crippen LogP contribution in [-0.2, 0) is 9.53 Å². The zero-order valence-corrected chi connectivity index (χ0v) is 12.0. The van der Waals surface area contributed by atoms with Gasteiger partial charge in [0.15, 0.2) is 0 Å². The third-order valence-electron chi connectivity index (χ3n) is 3.38. The van der Waals surface area contributed by atoms with Crippen LogP contribution in [0.25, 0.3) is 0 Å². The quantitative estimate of drug-likeness (QED) is 0.680. The van der Waals surface area contributed by atoms with Crippen LogP contribution < -0.4 is 10.6 Å². The summed E-state index contributed by atoms with van der Waals surface area (Å²) in [6.07, 6.45) is 2.98. The summed E-state index contributed by atoms with van der Waals surface area (Å²) in [5.41, 5.74) is 0. The van der Waals surface area contributed by atoms with Gasteiger partial charge in [-0.1, -0.05) is 13.8 Å². The van der Waals surface area contributed by atoms with E-state index in [1.807, 2.05) is 0 Å². The van der Waals surface area contributed by atoms with E-state index >= 15 is 0 Å². The summed E-state index contributed by atoms with van der Waals surface area (Å²) in [5.74, 6) is 1.04.